The lowest BCUT2D eigenvalue weighted by Crippen LogP contribution is -1.91. The minimum atomic E-state index is -0.424. The van der Waals surface area contributed by atoms with Crippen molar-refractivity contribution >= 4 is 5.69 Å². The number of rotatable bonds is 2. The minimum absolute atomic E-state index is 0.0443. The van der Waals surface area contributed by atoms with Gasteiger partial charge >= 0.3 is 0 Å². The molecule has 2 aromatic carbocycles. The lowest BCUT2D eigenvalue weighted by atomic mass is 9.99. The summed E-state index contributed by atoms with van der Waals surface area (Å²) in [5.74, 6) is 2.54. The highest BCUT2D eigenvalue weighted by molar-refractivity contribution is 5.73. The molecule has 0 saturated heterocycles. The molecule has 0 N–H and O–H groups in total. The monoisotopic (exact) mass is 223 g/mol. The maximum atomic E-state index is 10.7. The largest absolute Gasteiger partial charge is 0.270 e. The molecule has 3 nitrogen and oxygen atoms in total. The summed E-state index contributed by atoms with van der Waals surface area (Å²) in [7, 11) is 0. The van der Waals surface area contributed by atoms with Crippen molar-refractivity contribution < 1.29 is 4.92 Å². The first-order valence-corrected chi connectivity index (χ1v) is 5.03. The molecule has 0 spiro atoms. The zero-order valence-electron chi connectivity index (χ0n) is 8.96. The van der Waals surface area contributed by atoms with Crippen molar-refractivity contribution in [2.45, 2.75) is 0 Å². The summed E-state index contributed by atoms with van der Waals surface area (Å²) in [5.41, 5.74) is 2.29. The molecule has 82 valence electrons. The van der Waals surface area contributed by atoms with Crippen LogP contribution in [0.15, 0.2) is 48.5 Å². The number of non-ortho nitro benzene ring substituents is 1. The molecule has 0 unspecified atom stereocenters. The van der Waals surface area contributed by atoms with Gasteiger partial charge in [0.2, 0.25) is 0 Å². The first-order valence-electron chi connectivity index (χ1n) is 5.03. The Hall–Kier alpha value is -2.60. The van der Waals surface area contributed by atoms with Gasteiger partial charge < -0.3 is 0 Å². The summed E-state index contributed by atoms with van der Waals surface area (Å²) in [5, 5.41) is 10.7. The van der Waals surface area contributed by atoms with E-state index in [0.29, 0.717) is 11.1 Å². The molecule has 2 aromatic rings. The fourth-order valence-corrected chi connectivity index (χ4v) is 1.63. The second-order valence-electron chi connectivity index (χ2n) is 3.50. The fourth-order valence-electron chi connectivity index (χ4n) is 1.63. The molecule has 0 bridgehead atoms. The van der Waals surface area contributed by atoms with Gasteiger partial charge in [-0.1, -0.05) is 36.3 Å². The van der Waals surface area contributed by atoms with Gasteiger partial charge in [0, 0.05) is 23.3 Å². The summed E-state index contributed by atoms with van der Waals surface area (Å²) in [6.45, 7) is 0. The van der Waals surface area contributed by atoms with Crippen LogP contribution in [0.25, 0.3) is 11.1 Å². The number of nitrogens with zero attached hydrogens (tertiary/aromatic N) is 1. The molecule has 2 rings (SSSR count). The van der Waals surface area contributed by atoms with E-state index in [4.69, 9.17) is 6.42 Å². The molecular formula is C14H9NO2. The van der Waals surface area contributed by atoms with E-state index in [1.54, 1.807) is 6.07 Å². The van der Waals surface area contributed by atoms with E-state index in [2.05, 4.69) is 5.92 Å². The van der Waals surface area contributed by atoms with E-state index >= 15 is 0 Å². The summed E-state index contributed by atoms with van der Waals surface area (Å²) < 4.78 is 0. The van der Waals surface area contributed by atoms with Crippen molar-refractivity contribution in [3.63, 3.8) is 0 Å². The van der Waals surface area contributed by atoms with Crippen molar-refractivity contribution in [3.8, 4) is 23.5 Å². The summed E-state index contributed by atoms with van der Waals surface area (Å²) in [4.78, 5) is 10.3. The van der Waals surface area contributed by atoms with Crippen molar-refractivity contribution in [3.05, 3.63) is 64.2 Å². The highest BCUT2D eigenvalue weighted by Crippen LogP contribution is 2.27. The third kappa shape index (κ3) is 2.16. The van der Waals surface area contributed by atoms with Crippen LogP contribution in [0.1, 0.15) is 5.56 Å². The highest BCUT2D eigenvalue weighted by atomic mass is 16.6. The van der Waals surface area contributed by atoms with Crippen LogP contribution in [0.3, 0.4) is 0 Å². The summed E-state index contributed by atoms with van der Waals surface area (Å²) in [6, 6.07) is 13.9. The molecule has 0 atom stereocenters. The number of nitro groups is 1. The second kappa shape index (κ2) is 4.50. The summed E-state index contributed by atoms with van der Waals surface area (Å²) >= 11 is 0. The van der Waals surface area contributed by atoms with Crippen LogP contribution >= 0.6 is 0 Å². The van der Waals surface area contributed by atoms with E-state index < -0.39 is 4.92 Å². The van der Waals surface area contributed by atoms with E-state index in [1.807, 2.05) is 30.3 Å². The molecule has 0 saturated carbocycles. The Morgan fingerprint density at radius 1 is 1.12 bits per heavy atom. The Labute approximate surface area is 98.9 Å². The van der Waals surface area contributed by atoms with Gasteiger partial charge in [-0.3, -0.25) is 10.1 Å². The Bertz CT molecular complexity index is 597. The third-order valence-corrected chi connectivity index (χ3v) is 2.45. The van der Waals surface area contributed by atoms with Crippen LogP contribution in [0.4, 0.5) is 5.69 Å². The number of hydrogen-bond acceptors (Lipinski definition) is 2. The Morgan fingerprint density at radius 3 is 2.41 bits per heavy atom. The molecule has 0 heterocycles. The SMILES string of the molecule is C#Cc1ccc([N+](=O)[O-])cc1-c1ccccc1. The van der Waals surface area contributed by atoms with Crippen molar-refractivity contribution in [2.75, 3.05) is 0 Å². The van der Waals surface area contributed by atoms with Crippen LogP contribution in [0.2, 0.25) is 0 Å². The number of benzene rings is 2. The first kappa shape index (κ1) is 10.9. The molecule has 3 heteroatoms. The average Bonchev–Trinajstić information content (AvgIpc) is 2.39. The van der Waals surface area contributed by atoms with Crippen LogP contribution < -0.4 is 0 Å². The van der Waals surface area contributed by atoms with E-state index in [-0.39, 0.29) is 5.69 Å². The Kier molecular flexibility index (Phi) is 2.89. The molecule has 0 aliphatic rings. The van der Waals surface area contributed by atoms with Crippen LogP contribution in [0, 0.1) is 22.5 Å². The van der Waals surface area contributed by atoms with Gasteiger partial charge in [0.15, 0.2) is 0 Å². The quantitative estimate of drug-likeness (QED) is 0.445. The maximum Gasteiger partial charge on any atom is 0.270 e. The van der Waals surface area contributed by atoms with Gasteiger partial charge in [0.1, 0.15) is 0 Å². The molecule has 17 heavy (non-hydrogen) atoms. The molecule has 0 aliphatic carbocycles. The molecule has 0 radical (unpaired) electrons. The molecule has 0 aromatic heterocycles. The van der Waals surface area contributed by atoms with Crippen molar-refractivity contribution in [1.82, 2.24) is 0 Å². The van der Waals surface area contributed by atoms with E-state index in [0.717, 1.165) is 5.56 Å². The van der Waals surface area contributed by atoms with Crippen LogP contribution in [-0.2, 0) is 0 Å². The van der Waals surface area contributed by atoms with Gasteiger partial charge in [0.25, 0.3) is 5.69 Å². The predicted molar refractivity (Wildman–Crippen MR) is 66.5 cm³/mol. The Balaban J connectivity index is 2.63. The van der Waals surface area contributed by atoms with E-state index in [9.17, 15) is 10.1 Å². The smallest absolute Gasteiger partial charge is 0.258 e. The zero-order chi connectivity index (χ0) is 12.3. The number of terminal acetylenes is 1. The van der Waals surface area contributed by atoms with Crippen LogP contribution in [-0.4, -0.2) is 4.92 Å². The normalized spacial score (nSPS) is 9.59. The third-order valence-electron chi connectivity index (χ3n) is 2.45. The van der Waals surface area contributed by atoms with Gasteiger partial charge in [0.05, 0.1) is 4.92 Å². The van der Waals surface area contributed by atoms with Gasteiger partial charge in [-0.25, -0.2) is 0 Å². The number of nitro benzene ring substituents is 1. The highest BCUT2D eigenvalue weighted by Gasteiger charge is 2.10. The predicted octanol–water partition coefficient (Wildman–Crippen LogP) is 3.24. The van der Waals surface area contributed by atoms with Crippen LogP contribution in [0.5, 0.6) is 0 Å². The topological polar surface area (TPSA) is 43.1 Å². The summed E-state index contributed by atoms with van der Waals surface area (Å²) in [6.07, 6.45) is 5.39. The minimum Gasteiger partial charge on any atom is -0.258 e. The second-order valence-corrected chi connectivity index (χ2v) is 3.50. The molecule has 0 fully saturated rings. The van der Waals surface area contributed by atoms with Crippen molar-refractivity contribution in [2.24, 2.45) is 0 Å². The van der Waals surface area contributed by atoms with Crippen molar-refractivity contribution in [1.29, 1.82) is 0 Å². The van der Waals surface area contributed by atoms with Gasteiger partial charge in [-0.15, -0.1) is 6.42 Å². The lowest BCUT2D eigenvalue weighted by molar-refractivity contribution is -0.384. The van der Waals surface area contributed by atoms with Gasteiger partial charge in [-0.2, -0.15) is 0 Å². The van der Waals surface area contributed by atoms with E-state index in [1.165, 1.54) is 12.1 Å². The average molecular weight is 223 g/mol. The van der Waals surface area contributed by atoms with Gasteiger partial charge in [-0.05, 0) is 11.6 Å². The lowest BCUT2D eigenvalue weighted by Gasteiger charge is -2.04. The molecule has 0 amide bonds. The molecular weight excluding hydrogens is 214 g/mol. The number of hydrogen-bond donors (Lipinski definition) is 0. The fraction of sp³-hybridized carbons (Fsp3) is 0. The maximum absolute atomic E-state index is 10.7. The zero-order valence-corrected chi connectivity index (χ0v) is 8.96. The first-order chi connectivity index (χ1) is 8.22. The molecule has 0 aliphatic heterocycles. The standard InChI is InChI=1S/C14H9NO2/c1-2-11-8-9-13(15(16)17)10-14(11)12-6-4-3-5-7-12/h1,3-10H. The Morgan fingerprint density at radius 2 is 1.82 bits per heavy atom.